The predicted octanol–water partition coefficient (Wildman–Crippen LogP) is 3.41. The van der Waals surface area contributed by atoms with Gasteiger partial charge in [-0.1, -0.05) is 24.3 Å². The lowest BCUT2D eigenvalue weighted by Gasteiger charge is -2.21. The van der Waals surface area contributed by atoms with Crippen molar-refractivity contribution in [3.63, 3.8) is 0 Å². The minimum atomic E-state index is -5.01. The molecule has 1 aromatic carbocycles. The van der Waals surface area contributed by atoms with Crippen molar-refractivity contribution in [1.29, 1.82) is 0 Å². The molecule has 3 rings (SSSR count). The molecule has 0 aliphatic carbocycles. The number of aryl methyl sites for hydroxylation is 1. The van der Waals surface area contributed by atoms with E-state index >= 15 is 0 Å². The zero-order valence-corrected chi connectivity index (χ0v) is 16.4. The molecule has 0 bridgehead atoms. The van der Waals surface area contributed by atoms with Gasteiger partial charge in [-0.25, -0.2) is 9.97 Å². The maximum Gasteiger partial charge on any atom is 0.471 e. The molecule has 2 heterocycles. The fraction of sp³-hybridized carbons (Fsp3) is 0.211. The van der Waals surface area contributed by atoms with Crippen molar-refractivity contribution in [3.8, 4) is 5.82 Å². The number of carbonyl (C=O) groups excluding carboxylic acids is 1. The molecule has 0 radical (unpaired) electrons. The molecular weight excluding hydrogens is 405 g/mol. The molecule has 0 saturated heterocycles. The Morgan fingerprint density at radius 3 is 2.55 bits per heavy atom. The number of amides is 1. The maximum absolute atomic E-state index is 13.0. The average molecular weight is 422 g/mol. The van der Waals surface area contributed by atoms with Crippen LogP contribution in [0.3, 0.4) is 0 Å². The largest absolute Gasteiger partial charge is 0.471 e. The van der Waals surface area contributed by atoms with Crippen LogP contribution in [0.1, 0.15) is 11.1 Å². The summed E-state index contributed by atoms with van der Waals surface area (Å²) in [4.78, 5) is 20.5. The fourth-order valence-corrected chi connectivity index (χ4v) is 4.02. The molecule has 0 fully saturated rings. The second-order valence-electron chi connectivity index (χ2n) is 6.20. The number of para-hydroxylation sites is 1. The summed E-state index contributed by atoms with van der Waals surface area (Å²) >= 11 is 0. The van der Waals surface area contributed by atoms with Gasteiger partial charge >= 0.3 is 12.1 Å². The molecule has 0 spiro atoms. The summed E-state index contributed by atoms with van der Waals surface area (Å²) in [6, 6.07) is 9.66. The number of imidazole rings is 1. The summed E-state index contributed by atoms with van der Waals surface area (Å²) in [5.41, 5.74) is 1.22. The Bertz CT molecular complexity index is 1070. The van der Waals surface area contributed by atoms with Crippen LogP contribution in [0.4, 0.5) is 18.9 Å². The van der Waals surface area contributed by atoms with Crippen molar-refractivity contribution >= 4 is 22.4 Å². The van der Waals surface area contributed by atoms with E-state index in [1.807, 2.05) is 13.0 Å². The van der Waals surface area contributed by atoms with E-state index in [-0.39, 0.29) is 16.6 Å². The maximum atomic E-state index is 13.0. The quantitative estimate of drug-likeness (QED) is 0.632. The lowest BCUT2D eigenvalue weighted by Crippen LogP contribution is -2.39. The highest BCUT2D eigenvalue weighted by molar-refractivity contribution is 7.84. The number of anilines is 1. The van der Waals surface area contributed by atoms with Gasteiger partial charge in [0.05, 0.1) is 16.6 Å². The SMILES string of the molecule is Cc1cccnc1-n1ccnc1S(=O)Cc1ccccc1N(C)C(=O)C(F)(F)F. The van der Waals surface area contributed by atoms with Crippen LogP contribution in [0, 0.1) is 6.92 Å². The molecule has 6 nitrogen and oxygen atoms in total. The number of nitrogens with zero attached hydrogens (tertiary/aromatic N) is 4. The standard InChI is InChI=1S/C19H17F3N4O2S/c1-13-6-5-9-23-16(13)26-11-10-24-18(26)29(28)12-14-7-3-4-8-15(14)25(2)17(27)19(20,21)22/h3-11H,12H2,1-2H3. The number of rotatable bonds is 5. The lowest BCUT2D eigenvalue weighted by atomic mass is 10.2. The first-order valence-electron chi connectivity index (χ1n) is 8.46. The number of carbonyl (C=O) groups is 1. The molecule has 0 aliphatic heterocycles. The van der Waals surface area contributed by atoms with Gasteiger partial charge < -0.3 is 4.90 Å². The highest BCUT2D eigenvalue weighted by atomic mass is 32.2. The Morgan fingerprint density at radius 1 is 1.14 bits per heavy atom. The highest BCUT2D eigenvalue weighted by Crippen LogP contribution is 2.27. The highest BCUT2D eigenvalue weighted by Gasteiger charge is 2.42. The predicted molar refractivity (Wildman–Crippen MR) is 102 cm³/mol. The topological polar surface area (TPSA) is 68.1 Å². The summed E-state index contributed by atoms with van der Waals surface area (Å²) in [6.45, 7) is 1.85. The van der Waals surface area contributed by atoms with Crippen molar-refractivity contribution in [3.05, 3.63) is 66.1 Å². The van der Waals surface area contributed by atoms with E-state index in [4.69, 9.17) is 0 Å². The average Bonchev–Trinajstić information content (AvgIpc) is 3.16. The van der Waals surface area contributed by atoms with Crippen LogP contribution >= 0.6 is 0 Å². The van der Waals surface area contributed by atoms with E-state index < -0.39 is 22.9 Å². The molecule has 2 aromatic heterocycles. The molecule has 29 heavy (non-hydrogen) atoms. The molecule has 10 heteroatoms. The van der Waals surface area contributed by atoms with Gasteiger partial charge in [-0.2, -0.15) is 13.2 Å². The first kappa shape index (κ1) is 20.7. The third-order valence-corrected chi connectivity index (χ3v) is 5.49. The van der Waals surface area contributed by atoms with Crippen molar-refractivity contribution in [1.82, 2.24) is 14.5 Å². The molecule has 0 N–H and O–H groups in total. The first-order chi connectivity index (χ1) is 13.7. The molecule has 0 saturated carbocycles. The van der Waals surface area contributed by atoms with Gasteiger partial charge in [0.15, 0.2) is 0 Å². The minimum Gasteiger partial charge on any atom is -0.307 e. The van der Waals surface area contributed by atoms with Crippen LogP contribution in [0.15, 0.2) is 60.1 Å². The normalized spacial score (nSPS) is 12.6. The van der Waals surface area contributed by atoms with Crippen LogP contribution in [0.2, 0.25) is 0 Å². The Morgan fingerprint density at radius 2 is 1.86 bits per heavy atom. The number of aromatic nitrogens is 3. The third-order valence-electron chi connectivity index (χ3n) is 4.21. The number of benzene rings is 1. The lowest BCUT2D eigenvalue weighted by molar-refractivity contribution is -0.170. The van der Waals surface area contributed by atoms with Crippen LogP contribution in [-0.2, 0) is 21.3 Å². The summed E-state index contributed by atoms with van der Waals surface area (Å²) in [5, 5.41) is 0.214. The Hall–Kier alpha value is -3.01. The Kier molecular flexibility index (Phi) is 5.83. The van der Waals surface area contributed by atoms with Crippen molar-refractivity contribution < 1.29 is 22.2 Å². The summed E-state index contributed by atoms with van der Waals surface area (Å²) in [7, 11) is -0.655. The second kappa shape index (κ2) is 8.16. The third kappa shape index (κ3) is 4.37. The van der Waals surface area contributed by atoms with Crippen molar-refractivity contribution in [2.24, 2.45) is 0 Å². The summed E-state index contributed by atoms with van der Waals surface area (Å²) < 4.78 is 53.0. The number of hydrogen-bond donors (Lipinski definition) is 0. The number of halogens is 3. The summed E-state index contributed by atoms with van der Waals surface area (Å²) in [5.74, 6) is -1.55. The smallest absolute Gasteiger partial charge is 0.307 e. The molecule has 152 valence electrons. The van der Waals surface area contributed by atoms with Crippen molar-refractivity contribution in [2.45, 2.75) is 24.0 Å². The molecule has 1 atom stereocenters. The molecular formula is C19H17F3N4O2S. The van der Waals surface area contributed by atoms with Crippen molar-refractivity contribution in [2.75, 3.05) is 11.9 Å². The van der Waals surface area contributed by atoms with E-state index in [1.54, 1.807) is 29.1 Å². The van der Waals surface area contributed by atoms with E-state index in [1.165, 1.54) is 24.4 Å². The molecule has 1 amide bonds. The summed E-state index contributed by atoms with van der Waals surface area (Å²) in [6.07, 6.45) is -0.309. The fourth-order valence-electron chi connectivity index (χ4n) is 2.81. The zero-order chi connectivity index (χ0) is 21.2. The number of alkyl halides is 3. The van der Waals surface area contributed by atoms with Crippen LogP contribution < -0.4 is 4.90 Å². The van der Waals surface area contributed by atoms with Gasteiger partial charge in [-0.05, 0) is 30.2 Å². The monoisotopic (exact) mass is 422 g/mol. The van der Waals surface area contributed by atoms with Gasteiger partial charge in [0.1, 0.15) is 5.82 Å². The Balaban J connectivity index is 1.92. The first-order valence-corrected chi connectivity index (χ1v) is 9.78. The van der Waals surface area contributed by atoms with E-state index in [9.17, 15) is 22.2 Å². The van der Waals surface area contributed by atoms with Crippen LogP contribution in [0.5, 0.6) is 0 Å². The number of hydrogen-bond acceptors (Lipinski definition) is 4. The van der Waals surface area contributed by atoms with E-state index in [2.05, 4.69) is 9.97 Å². The second-order valence-corrected chi connectivity index (χ2v) is 7.55. The van der Waals surface area contributed by atoms with Crippen LogP contribution in [0.25, 0.3) is 5.82 Å². The molecule has 1 unspecified atom stereocenters. The van der Waals surface area contributed by atoms with Crippen LogP contribution in [-0.4, -0.2) is 37.9 Å². The van der Waals surface area contributed by atoms with Gasteiger partial charge in [-0.15, -0.1) is 0 Å². The molecule has 3 aromatic rings. The molecule has 0 aliphatic rings. The van der Waals surface area contributed by atoms with Gasteiger partial charge in [0.25, 0.3) is 0 Å². The minimum absolute atomic E-state index is 0.0373. The van der Waals surface area contributed by atoms with Gasteiger partial charge in [0.2, 0.25) is 5.16 Å². The van der Waals surface area contributed by atoms with E-state index in [0.717, 1.165) is 12.6 Å². The zero-order valence-electron chi connectivity index (χ0n) is 15.6. The van der Waals surface area contributed by atoms with E-state index in [0.29, 0.717) is 16.3 Å². The van der Waals surface area contributed by atoms with Gasteiger partial charge in [0, 0.05) is 31.3 Å². The Labute approximate surface area is 167 Å². The van der Waals surface area contributed by atoms with Gasteiger partial charge in [-0.3, -0.25) is 13.6 Å². The number of pyridine rings is 1.